The molecule has 1 fully saturated rings. The predicted molar refractivity (Wildman–Crippen MR) is 290 cm³/mol. The van der Waals surface area contributed by atoms with E-state index in [1.54, 1.807) is 6.20 Å². The minimum absolute atomic E-state index is 0.0155. The van der Waals surface area contributed by atoms with Crippen LogP contribution in [0.15, 0.2) is 79.1 Å². The molecule has 1 aliphatic carbocycles. The largest absolute Gasteiger partial charge is 0.461 e. The van der Waals surface area contributed by atoms with Gasteiger partial charge in [-0.1, -0.05) is 101 Å². The van der Waals surface area contributed by atoms with Gasteiger partial charge in [-0.15, -0.1) is 0 Å². The van der Waals surface area contributed by atoms with Gasteiger partial charge in [0.1, 0.15) is 18.2 Å². The third kappa shape index (κ3) is 20.4. The van der Waals surface area contributed by atoms with Gasteiger partial charge in [0.05, 0.1) is 18.1 Å². The molecule has 1 aliphatic heterocycles. The van der Waals surface area contributed by atoms with Crippen LogP contribution in [0.3, 0.4) is 0 Å². The van der Waals surface area contributed by atoms with E-state index in [0.29, 0.717) is 90.6 Å². The Morgan fingerprint density at radius 2 is 1.35 bits per heavy atom. The molecule has 75 heavy (non-hydrogen) atoms. The summed E-state index contributed by atoms with van der Waals surface area (Å²) in [6.07, 6.45) is 7.22. The lowest BCUT2D eigenvalue weighted by Crippen LogP contribution is -2.62. The highest BCUT2D eigenvalue weighted by Gasteiger charge is 2.40. The Labute approximate surface area is 445 Å². The molecule has 8 N–H and O–H groups in total. The van der Waals surface area contributed by atoms with Gasteiger partial charge in [0.2, 0.25) is 23.6 Å². The number of amides is 4. The van der Waals surface area contributed by atoms with Gasteiger partial charge in [-0.2, -0.15) is 0 Å². The first-order valence-electron chi connectivity index (χ1n) is 27.3. The lowest BCUT2D eigenvalue weighted by Gasteiger charge is -2.42. The summed E-state index contributed by atoms with van der Waals surface area (Å²) >= 11 is 0. The van der Waals surface area contributed by atoms with Crippen molar-refractivity contribution in [1.29, 1.82) is 0 Å². The second kappa shape index (κ2) is 30.1. The van der Waals surface area contributed by atoms with E-state index in [-0.39, 0.29) is 67.2 Å². The summed E-state index contributed by atoms with van der Waals surface area (Å²) in [4.78, 5) is 90.0. The summed E-state index contributed by atoms with van der Waals surface area (Å²) in [6.45, 7) is 16.8. The van der Waals surface area contributed by atoms with Crippen LogP contribution in [0.5, 0.6) is 0 Å². The second-order valence-electron chi connectivity index (χ2n) is 22.2. The van der Waals surface area contributed by atoms with E-state index in [1.165, 1.54) is 0 Å². The van der Waals surface area contributed by atoms with Gasteiger partial charge in [-0.25, -0.2) is 0 Å². The number of carbonyl (C=O) groups is 6. The number of aromatic nitrogens is 1. The summed E-state index contributed by atoms with van der Waals surface area (Å²) in [7, 11) is 0. The first kappa shape index (κ1) is 60.1. The summed E-state index contributed by atoms with van der Waals surface area (Å²) in [5.41, 5.74) is 15.3. The molecule has 0 spiro atoms. The van der Waals surface area contributed by atoms with Crippen LogP contribution in [0, 0.1) is 17.8 Å². The maximum Gasteiger partial charge on any atom is 0.306 e. The third-order valence-corrected chi connectivity index (χ3v) is 14.0. The number of nitrogens with one attached hydrogen (secondary N) is 4. The lowest BCUT2D eigenvalue weighted by molar-refractivity contribution is -0.153. The number of unbranched alkanes of at least 4 members (excludes halogenated alkanes) is 4. The number of rotatable bonds is 29. The van der Waals surface area contributed by atoms with E-state index >= 15 is 4.79 Å². The van der Waals surface area contributed by atoms with Gasteiger partial charge in [0, 0.05) is 88.9 Å². The summed E-state index contributed by atoms with van der Waals surface area (Å²) < 4.78 is 12.6. The third-order valence-electron chi connectivity index (χ3n) is 14.0. The number of pyridine rings is 1. The molecule has 1 aromatic heterocycles. The van der Waals surface area contributed by atoms with Crippen molar-refractivity contribution < 1.29 is 38.2 Å². The minimum atomic E-state index is -0.784. The van der Waals surface area contributed by atoms with Crippen LogP contribution < -0.4 is 32.7 Å². The Balaban J connectivity index is 1.34. The molecular formula is C58H87N9O8. The Morgan fingerprint density at radius 1 is 0.733 bits per heavy atom. The van der Waals surface area contributed by atoms with Crippen LogP contribution in [0.4, 0.5) is 0 Å². The van der Waals surface area contributed by atoms with Gasteiger partial charge >= 0.3 is 11.9 Å². The molecule has 3 aromatic rings. The molecular weight excluding hydrogens is 951 g/mol. The molecule has 412 valence electrons. The van der Waals surface area contributed by atoms with E-state index in [4.69, 9.17) is 20.9 Å². The van der Waals surface area contributed by atoms with Crippen molar-refractivity contribution in [2.45, 2.75) is 168 Å². The highest BCUT2D eigenvalue weighted by molar-refractivity contribution is 5.83. The van der Waals surface area contributed by atoms with Crippen molar-refractivity contribution in [3.05, 3.63) is 101 Å². The fourth-order valence-electron chi connectivity index (χ4n) is 9.60. The number of nitrogens with two attached hydrogens (primary N) is 2. The van der Waals surface area contributed by atoms with Gasteiger partial charge < -0.3 is 42.2 Å². The average molecular weight is 1040 g/mol. The van der Waals surface area contributed by atoms with E-state index in [0.717, 1.165) is 22.3 Å². The topological polar surface area (TPSA) is 240 Å². The van der Waals surface area contributed by atoms with Crippen LogP contribution in [0.1, 0.15) is 135 Å². The molecule has 17 heteroatoms. The number of carbonyl (C=O) groups excluding carboxylic acids is 6. The van der Waals surface area contributed by atoms with Crippen molar-refractivity contribution in [3.8, 4) is 0 Å². The molecule has 5 rings (SSSR count). The Hall–Kier alpha value is -5.75. The van der Waals surface area contributed by atoms with Crippen molar-refractivity contribution in [2.24, 2.45) is 29.2 Å². The van der Waals surface area contributed by atoms with E-state index in [1.807, 2.05) is 121 Å². The Morgan fingerprint density at radius 3 is 1.96 bits per heavy atom. The van der Waals surface area contributed by atoms with Gasteiger partial charge in [0.25, 0.3) is 0 Å². The Kier molecular flexibility index (Phi) is 24.1. The normalized spacial score (nSPS) is 18.6. The molecule has 17 nitrogen and oxygen atoms in total. The summed E-state index contributed by atoms with van der Waals surface area (Å²) in [6, 6.07) is 19.1. The number of fused-ring (bicyclic) bond motifs is 1. The van der Waals surface area contributed by atoms with Crippen LogP contribution >= 0.6 is 0 Å². The zero-order valence-electron chi connectivity index (χ0n) is 45.7. The van der Waals surface area contributed by atoms with Crippen LogP contribution in [-0.4, -0.2) is 125 Å². The molecule has 4 amide bonds. The highest BCUT2D eigenvalue weighted by atomic mass is 16.5. The maximum absolute atomic E-state index is 15.0. The predicted octanol–water partition coefficient (Wildman–Crippen LogP) is 5.29. The number of ether oxygens (including phenoxy) is 2. The number of nitrogens with zero attached hydrogens (tertiary/aromatic N) is 3. The highest BCUT2D eigenvalue weighted by Crippen LogP contribution is 2.35. The fourth-order valence-corrected chi connectivity index (χ4v) is 9.60. The van der Waals surface area contributed by atoms with E-state index in [2.05, 4.69) is 36.1 Å². The molecule has 0 radical (unpaired) electrons. The maximum atomic E-state index is 15.0. The quantitative estimate of drug-likeness (QED) is 0.0383. The SMILES string of the molecule is CC(C)[C@H](N)C(=O)NCCCCCC(=O)O[C@H](C[C@@H](Cc1ccccc1)C(=O)N[C@H]1c2ccccc2C[C@H]1OC(=O)CCCCCNC(=O)[C@@H](N)C(C)C)CN1CCN(Cc2cccnc2)C[C@H]1C(=O)NC(C)(C)C. The van der Waals surface area contributed by atoms with Gasteiger partial charge in [0.15, 0.2) is 0 Å². The monoisotopic (exact) mass is 1040 g/mol. The minimum Gasteiger partial charge on any atom is -0.461 e. The summed E-state index contributed by atoms with van der Waals surface area (Å²) in [5.74, 6) is -2.21. The van der Waals surface area contributed by atoms with E-state index in [9.17, 15) is 24.0 Å². The zero-order chi connectivity index (χ0) is 54.5. The number of benzene rings is 2. The molecule has 0 bridgehead atoms. The van der Waals surface area contributed by atoms with E-state index < -0.39 is 53.8 Å². The zero-order valence-corrected chi connectivity index (χ0v) is 45.7. The van der Waals surface area contributed by atoms with Crippen molar-refractivity contribution in [3.63, 3.8) is 0 Å². The molecule has 2 aliphatic rings. The van der Waals surface area contributed by atoms with Crippen LogP contribution in [0.25, 0.3) is 0 Å². The number of esters is 2. The molecule has 7 atom stereocenters. The molecule has 2 heterocycles. The van der Waals surface area contributed by atoms with Crippen LogP contribution in [-0.2, 0) is 57.6 Å². The smallest absolute Gasteiger partial charge is 0.306 e. The van der Waals surface area contributed by atoms with Gasteiger partial charge in [-0.05, 0) is 99.5 Å². The molecule has 0 saturated carbocycles. The average Bonchev–Trinajstić information content (AvgIpc) is 3.71. The first-order chi connectivity index (χ1) is 35.8. The number of hydrogen-bond acceptors (Lipinski definition) is 13. The molecule has 0 unspecified atom stereocenters. The second-order valence-corrected chi connectivity index (χ2v) is 22.2. The summed E-state index contributed by atoms with van der Waals surface area (Å²) in [5, 5.41) is 12.3. The number of piperazine rings is 1. The van der Waals surface area contributed by atoms with Crippen LogP contribution in [0.2, 0.25) is 0 Å². The molecule has 2 aromatic carbocycles. The van der Waals surface area contributed by atoms with Crippen molar-refractivity contribution in [2.75, 3.05) is 39.3 Å². The van der Waals surface area contributed by atoms with Gasteiger partial charge in [-0.3, -0.25) is 43.6 Å². The van der Waals surface area contributed by atoms with Crippen molar-refractivity contribution in [1.82, 2.24) is 36.1 Å². The number of hydrogen-bond donors (Lipinski definition) is 6. The van der Waals surface area contributed by atoms with Crippen molar-refractivity contribution >= 4 is 35.6 Å². The molecule has 1 saturated heterocycles. The lowest BCUT2D eigenvalue weighted by atomic mass is 9.91. The Bertz CT molecular complexity index is 2280. The first-order valence-corrected chi connectivity index (χ1v) is 27.3. The standard InChI is InChI=1S/C58H87N9O8/c1-39(2)51(59)56(72)62-28-17-9-13-25-49(68)74-45(37-67-31-30-66(36-42-22-19-27-61-35-42)38-47(67)55(71)65-58(5,6)7)33-44(32-41-20-11-8-12-21-41)54(70)64-53-46-24-16-15-23-43(46)34-48(53)75-50(69)26-14-10-18-29-63-57(73)52(60)40(3)4/h8,11-12,15-16,19-24,27,35,39-40,44-45,47-48,51-53H,9-10,13-14,17-18,25-26,28-34,36-38,59-60H2,1-7H3,(H,62,72)(H,63,73)(H,64,70)(H,65,71)/t44-,45-,47+,48-,51+,52+,53+/m1/s1. The fraction of sp³-hybridized carbons (Fsp3) is 0.603.